The summed E-state index contributed by atoms with van der Waals surface area (Å²) in [5, 5.41) is 3.88. The van der Waals surface area contributed by atoms with Crippen molar-refractivity contribution in [3.05, 3.63) is 23.8 Å². The van der Waals surface area contributed by atoms with Gasteiger partial charge in [-0.25, -0.2) is 4.98 Å². The molecule has 0 saturated heterocycles. The van der Waals surface area contributed by atoms with Gasteiger partial charge in [0.15, 0.2) is 5.13 Å². The van der Waals surface area contributed by atoms with Crippen LogP contribution in [0.15, 0.2) is 18.2 Å². The molecular weight excluding hydrogens is 297 g/mol. The fourth-order valence-electron chi connectivity index (χ4n) is 2.05. The second-order valence-electron chi connectivity index (χ2n) is 5.52. The Bertz CT molecular complexity index is 590. The number of aromatic nitrogens is 1. The number of halogens is 3. The quantitative estimate of drug-likeness (QED) is 0.706. The van der Waals surface area contributed by atoms with Gasteiger partial charge in [-0.2, -0.15) is 13.2 Å². The molecule has 2 nitrogen and oxygen atoms in total. The maximum atomic E-state index is 12.6. The number of fused-ring (bicyclic) bond motifs is 1. The van der Waals surface area contributed by atoms with E-state index < -0.39 is 11.7 Å². The number of anilines is 1. The lowest BCUT2D eigenvalue weighted by molar-refractivity contribution is -0.137. The summed E-state index contributed by atoms with van der Waals surface area (Å²) in [6.07, 6.45) is -0.936. The van der Waals surface area contributed by atoms with E-state index in [2.05, 4.69) is 24.1 Å². The largest absolute Gasteiger partial charge is 0.416 e. The molecule has 0 aliphatic rings. The van der Waals surface area contributed by atoms with Crippen LogP contribution in [0.4, 0.5) is 18.3 Å². The molecule has 0 unspecified atom stereocenters. The van der Waals surface area contributed by atoms with Crippen molar-refractivity contribution < 1.29 is 13.2 Å². The van der Waals surface area contributed by atoms with E-state index in [1.54, 1.807) is 0 Å². The van der Waals surface area contributed by atoms with Crippen LogP contribution in [0.1, 0.15) is 38.7 Å². The summed E-state index contributed by atoms with van der Waals surface area (Å²) < 4.78 is 38.7. The van der Waals surface area contributed by atoms with Crippen LogP contribution >= 0.6 is 11.3 Å². The van der Waals surface area contributed by atoms with Crippen LogP contribution in [0.3, 0.4) is 0 Å². The molecule has 0 spiro atoms. The summed E-state index contributed by atoms with van der Waals surface area (Å²) in [5.74, 6) is 0.702. The van der Waals surface area contributed by atoms with E-state index in [-0.39, 0.29) is 0 Å². The molecule has 0 fully saturated rings. The molecule has 21 heavy (non-hydrogen) atoms. The molecule has 2 rings (SSSR count). The Kier molecular flexibility index (Phi) is 5.08. The average Bonchev–Trinajstić information content (AvgIpc) is 2.78. The molecule has 6 heteroatoms. The first-order valence-corrected chi connectivity index (χ1v) is 7.89. The van der Waals surface area contributed by atoms with Crippen molar-refractivity contribution in [1.29, 1.82) is 0 Å². The van der Waals surface area contributed by atoms with E-state index >= 15 is 0 Å². The molecule has 1 aromatic heterocycles. The molecule has 0 aliphatic carbocycles. The highest BCUT2D eigenvalue weighted by molar-refractivity contribution is 7.22. The zero-order valence-corrected chi connectivity index (χ0v) is 12.9. The number of hydrogen-bond donors (Lipinski definition) is 1. The van der Waals surface area contributed by atoms with Gasteiger partial charge in [-0.05, 0) is 30.5 Å². The minimum atomic E-state index is -4.32. The Morgan fingerprint density at radius 3 is 2.67 bits per heavy atom. The zero-order valence-electron chi connectivity index (χ0n) is 12.1. The van der Waals surface area contributed by atoms with E-state index in [0.717, 1.165) is 36.2 Å². The Hall–Kier alpha value is -1.30. The third-order valence-corrected chi connectivity index (χ3v) is 4.19. The molecule has 0 saturated carbocycles. The third kappa shape index (κ3) is 4.59. The van der Waals surface area contributed by atoms with Crippen molar-refractivity contribution in [2.24, 2.45) is 5.92 Å². The average molecular weight is 316 g/mol. The van der Waals surface area contributed by atoms with Crippen LogP contribution in [-0.2, 0) is 6.18 Å². The molecule has 1 N–H and O–H groups in total. The second kappa shape index (κ2) is 6.64. The highest BCUT2D eigenvalue weighted by atomic mass is 32.1. The molecule has 0 bridgehead atoms. The smallest absolute Gasteiger partial charge is 0.361 e. The van der Waals surface area contributed by atoms with E-state index in [9.17, 15) is 13.2 Å². The standard InChI is InChI=1S/C15H19F3N2S/c1-10(2)5-3-4-8-19-14-20-12-9-11(15(16,17)18)6-7-13(12)21-14/h6-7,9-10H,3-5,8H2,1-2H3,(H,19,20). The van der Waals surface area contributed by atoms with Crippen LogP contribution < -0.4 is 5.32 Å². The first kappa shape index (κ1) is 16.1. The van der Waals surface area contributed by atoms with Crippen LogP contribution in [0.25, 0.3) is 10.2 Å². The van der Waals surface area contributed by atoms with Crippen molar-refractivity contribution >= 4 is 26.7 Å². The summed E-state index contributed by atoms with van der Waals surface area (Å²) in [5.41, 5.74) is -0.247. The topological polar surface area (TPSA) is 24.9 Å². The minimum Gasteiger partial charge on any atom is -0.361 e. The molecule has 0 radical (unpaired) electrons. The first-order valence-electron chi connectivity index (χ1n) is 7.08. The van der Waals surface area contributed by atoms with E-state index in [1.165, 1.54) is 23.8 Å². The van der Waals surface area contributed by atoms with Gasteiger partial charge in [0.2, 0.25) is 0 Å². The van der Waals surface area contributed by atoms with E-state index in [1.807, 2.05) is 0 Å². The Balaban J connectivity index is 1.96. The number of unbranched alkanes of at least 4 members (excludes halogenated alkanes) is 1. The van der Waals surface area contributed by atoms with Crippen molar-refractivity contribution in [1.82, 2.24) is 4.98 Å². The Morgan fingerprint density at radius 2 is 2.00 bits per heavy atom. The lowest BCUT2D eigenvalue weighted by Gasteiger charge is -2.05. The van der Waals surface area contributed by atoms with Gasteiger partial charge in [0.25, 0.3) is 0 Å². The Morgan fingerprint density at radius 1 is 1.24 bits per heavy atom. The van der Waals surface area contributed by atoms with Gasteiger partial charge in [-0.1, -0.05) is 38.0 Å². The molecular formula is C15H19F3N2S. The maximum absolute atomic E-state index is 12.6. The summed E-state index contributed by atoms with van der Waals surface area (Å²) >= 11 is 1.39. The number of thiazole rings is 1. The second-order valence-corrected chi connectivity index (χ2v) is 6.55. The molecule has 0 aliphatic heterocycles. The third-order valence-electron chi connectivity index (χ3n) is 3.20. The van der Waals surface area contributed by atoms with Crippen LogP contribution in [0, 0.1) is 5.92 Å². The van der Waals surface area contributed by atoms with Crippen molar-refractivity contribution in [3.8, 4) is 0 Å². The Labute approximate surface area is 126 Å². The maximum Gasteiger partial charge on any atom is 0.416 e. The number of hydrogen-bond acceptors (Lipinski definition) is 3. The molecule has 2 aromatic rings. The van der Waals surface area contributed by atoms with Gasteiger partial charge in [0.1, 0.15) is 0 Å². The zero-order chi connectivity index (χ0) is 15.5. The lowest BCUT2D eigenvalue weighted by atomic mass is 10.1. The van der Waals surface area contributed by atoms with Gasteiger partial charge in [0.05, 0.1) is 15.8 Å². The van der Waals surface area contributed by atoms with Crippen LogP contribution in [-0.4, -0.2) is 11.5 Å². The van der Waals surface area contributed by atoms with Gasteiger partial charge in [-0.3, -0.25) is 0 Å². The number of alkyl halides is 3. The fraction of sp³-hybridized carbons (Fsp3) is 0.533. The van der Waals surface area contributed by atoms with Crippen LogP contribution in [0.2, 0.25) is 0 Å². The van der Waals surface area contributed by atoms with Gasteiger partial charge >= 0.3 is 6.18 Å². The van der Waals surface area contributed by atoms with Crippen molar-refractivity contribution in [2.45, 2.75) is 39.3 Å². The first-order chi connectivity index (χ1) is 9.86. The lowest BCUT2D eigenvalue weighted by Crippen LogP contribution is -2.04. The van der Waals surface area contributed by atoms with Crippen LogP contribution in [0.5, 0.6) is 0 Å². The fourth-order valence-corrected chi connectivity index (χ4v) is 2.92. The molecule has 1 heterocycles. The highest BCUT2D eigenvalue weighted by Gasteiger charge is 2.30. The summed E-state index contributed by atoms with van der Waals surface area (Å²) in [6, 6.07) is 3.70. The number of benzene rings is 1. The molecule has 1 aromatic carbocycles. The molecule has 116 valence electrons. The van der Waals surface area contributed by atoms with Crippen molar-refractivity contribution in [2.75, 3.05) is 11.9 Å². The normalized spacial score (nSPS) is 12.3. The monoisotopic (exact) mass is 316 g/mol. The van der Waals surface area contributed by atoms with E-state index in [0.29, 0.717) is 16.6 Å². The summed E-state index contributed by atoms with van der Waals surface area (Å²) in [7, 11) is 0. The van der Waals surface area contributed by atoms with E-state index in [4.69, 9.17) is 0 Å². The van der Waals surface area contributed by atoms with Gasteiger partial charge in [0, 0.05) is 6.54 Å². The summed E-state index contributed by atoms with van der Waals surface area (Å²) in [6.45, 7) is 5.19. The number of nitrogens with zero attached hydrogens (tertiary/aromatic N) is 1. The summed E-state index contributed by atoms with van der Waals surface area (Å²) in [4.78, 5) is 4.23. The molecule has 0 atom stereocenters. The number of nitrogens with one attached hydrogen (secondary N) is 1. The predicted octanol–water partition coefficient (Wildman–Crippen LogP) is 5.55. The predicted molar refractivity (Wildman–Crippen MR) is 81.8 cm³/mol. The van der Waals surface area contributed by atoms with Crippen molar-refractivity contribution in [3.63, 3.8) is 0 Å². The van der Waals surface area contributed by atoms with Gasteiger partial charge in [-0.15, -0.1) is 0 Å². The highest BCUT2D eigenvalue weighted by Crippen LogP contribution is 2.33. The SMILES string of the molecule is CC(C)CCCCNc1nc2cc(C(F)(F)F)ccc2s1. The minimum absolute atomic E-state index is 0.402. The molecule has 0 amide bonds. The number of rotatable bonds is 6. The van der Waals surface area contributed by atoms with Gasteiger partial charge < -0.3 is 5.32 Å².